The maximum absolute atomic E-state index is 13.0. The van der Waals surface area contributed by atoms with Crippen LogP contribution in [0.15, 0.2) is 48.5 Å². The van der Waals surface area contributed by atoms with Gasteiger partial charge in [-0.05, 0) is 30.2 Å². The predicted octanol–water partition coefficient (Wildman–Crippen LogP) is 3.01. The molecule has 0 bridgehead atoms. The number of carbonyl (C=O) groups is 1. The quantitative estimate of drug-likeness (QED) is 0.851. The van der Waals surface area contributed by atoms with Crippen LogP contribution >= 0.6 is 0 Å². The molecule has 0 radical (unpaired) electrons. The Bertz CT molecular complexity index is 648. The van der Waals surface area contributed by atoms with Gasteiger partial charge in [-0.3, -0.25) is 4.79 Å². The highest BCUT2D eigenvalue weighted by Gasteiger charge is 2.50. The summed E-state index contributed by atoms with van der Waals surface area (Å²) in [6, 6.07) is 12.8. The molecule has 0 fully saturated rings. The third-order valence-electron chi connectivity index (χ3n) is 3.96. The number of ketones is 1. The summed E-state index contributed by atoms with van der Waals surface area (Å²) >= 11 is 0. The van der Waals surface area contributed by atoms with Gasteiger partial charge in [0.25, 0.3) is 0 Å². The van der Waals surface area contributed by atoms with Gasteiger partial charge in [0.15, 0.2) is 5.78 Å². The summed E-state index contributed by atoms with van der Waals surface area (Å²) in [6.07, 6.45) is -0.901. The van der Waals surface area contributed by atoms with Gasteiger partial charge in [-0.2, -0.15) is 0 Å². The Morgan fingerprint density at radius 2 is 1.74 bits per heavy atom. The van der Waals surface area contributed by atoms with Gasteiger partial charge < -0.3 is 5.11 Å². The van der Waals surface area contributed by atoms with E-state index < -0.39 is 11.5 Å². The highest BCUT2D eigenvalue weighted by atomic mass is 19.1. The monoisotopic (exact) mass is 256 g/mol. The van der Waals surface area contributed by atoms with E-state index in [-0.39, 0.29) is 11.6 Å². The van der Waals surface area contributed by atoms with Crippen LogP contribution in [0.5, 0.6) is 0 Å². The van der Waals surface area contributed by atoms with E-state index in [0.717, 1.165) is 0 Å². The van der Waals surface area contributed by atoms with Crippen molar-refractivity contribution in [2.45, 2.75) is 18.4 Å². The van der Waals surface area contributed by atoms with E-state index in [0.29, 0.717) is 16.7 Å². The second-order valence-electron chi connectivity index (χ2n) is 5.03. The summed E-state index contributed by atoms with van der Waals surface area (Å²) in [5, 5.41) is 10.5. The summed E-state index contributed by atoms with van der Waals surface area (Å²) in [4.78, 5) is 12.6. The molecule has 0 heterocycles. The van der Waals surface area contributed by atoms with Crippen molar-refractivity contribution in [3.63, 3.8) is 0 Å². The minimum atomic E-state index is -1.04. The van der Waals surface area contributed by atoms with Gasteiger partial charge in [0.1, 0.15) is 5.82 Å². The Kier molecular flexibility index (Phi) is 2.54. The van der Waals surface area contributed by atoms with E-state index in [1.54, 1.807) is 43.3 Å². The average molecular weight is 256 g/mol. The molecule has 0 spiro atoms. The zero-order chi connectivity index (χ0) is 13.6. The fourth-order valence-electron chi connectivity index (χ4n) is 2.74. The van der Waals surface area contributed by atoms with Crippen LogP contribution in [0.25, 0.3) is 0 Å². The largest absolute Gasteiger partial charge is 0.387 e. The van der Waals surface area contributed by atoms with E-state index in [2.05, 4.69) is 0 Å². The molecule has 96 valence electrons. The topological polar surface area (TPSA) is 37.3 Å². The van der Waals surface area contributed by atoms with Gasteiger partial charge in [0, 0.05) is 5.56 Å². The minimum Gasteiger partial charge on any atom is -0.387 e. The van der Waals surface area contributed by atoms with E-state index in [1.165, 1.54) is 12.1 Å². The lowest BCUT2D eigenvalue weighted by Gasteiger charge is -2.27. The van der Waals surface area contributed by atoms with Crippen molar-refractivity contribution in [1.82, 2.24) is 0 Å². The number of Topliss-reactive ketones (excluding diaryl/α,β-unsaturated/α-hetero) is 1. The van der Waals surface area contributed by atoms with Crippen LogP contribution in [0.1, 0.15) is 34.5 Å². The van der Waals surface area contributed by atoms with E-state index in [1.807, 2.05) is 0 Å². The van der Waals surface area contributed by atoms with Gasteiger partial charge in [0.2, 0.25) is 0 Å². The fraction of sp³-hybridized carbons (Fsp3) is 0.188. The first-order valence-corrected chi connectivity index (χ1v) is 6.13. The van der Waals surface area contributed by atoms with Crippen LogP contribution in [-0.4, -0.2) is 10.9 Å². The van der Waals surface area contributed by atoms with Gasteiger partial charge in [0.05, 0.1) is 11.5 Å². The average Bonchev–Trinajstić information content (AvgIpc) is 2.63. The van der Waals surface area contributed by atoms with Crippen LogP contribution in [-0.2, 0) is 5.41 Å². The predicted molar refractivity (Wildman–Crippen MR) is 69.5 cm³/mol. The molecule has 0 saturated heterocycles. The smallest absolute Gasteiger partial charge is 0.176 e. The molecule has 0 aliphatic heterocycles. The summed E-state index contributed by atoms with van der Waals surface area (Å²) in [7, 11) is 0. The van der Waals surface area contributed by atoms with Crippen LogP contribution < -0.4 is 0 Å². The van der Waals surface area contributed by atoms with Gasteiger partial charge in [-0.25, -0.2) is 4.39 Å². The van der Waals surface area contributed by atoms with E-state index in [9.17, 15) is 14.3 Å². The lowest BCUT2D eigenvalue weighted by molar-refractivity contribution is 0.0683. The normalized spacial score (nSPS) is 25.4. The number of hydrogen-bond donors (Lipinski definition) is 1. The molecule has 19 heavy (non-hydrogen) atoms. The highest BCUT2D eigenvalue weighted by Crippen LogP contribution is 2.47. The minimum absolute atomic E-state index is 0.123. The third kappa shape index (κ3) is 1.55. The lowest BCUT2D eigenvalue weighted by Crippen LogP contribution is -2.33. The van der Waals surface area contributed by atoms with E-state index in [4.69, 9.17) is 0 Å². The Labute approximate surface area is 110 Å². The second kappa shape index (κ2) is 4.00. The Morgan fingerprint density at radius 1 is 1.11 bits per heavy atom. The highest BCUT2D eigenvalue weighted by molar-refractivity contribution is 6.08. The number of halogens is 1. The van der Waals surface area contributed by atoms with Crippen LogP contribution in [0.4, 0.5) is 4.39 Å². The van der Waals surface area contributed by atoms with Crippen molar-refractivity contribution in [3.05, 3.63) is 71.0 Å². The lowest BCUT2D eigenvalue weighted by atomic mass is 9.77. The molecule has 0 aromatic heterocycles. The van der Waals surface area contributed by atoms with Crippen LogP contribution in [0.2, 0.25) is 0 Å². The first-order chi connectivity index (χ1) is 9.05. The molecule has 3 rings (SSSR count). The Hall–Kier alpha value is -2.00. The molecule has 1 aliphatic carbocycles. The summed E-state index contributed by atoms with van der Waals surface area (Å²) in [6.45, 7) is 1.70. The van der Waals surface area contributed by atoms with Crippen LogP contribution in [0, 0.1) is 5.82 Å². The van der Waals surface area contributed by atoms with Crippen molar-refractivity contribution in [3.8, 4) is 0 Å². The standard InChI is InChI=1S/C16H13FO2/c1-16(10-6-8-11(17)9-7-10)14(18)12-4-2-3-5-13(12)15(16)19/h2-9,14,18H,1H3. The van der Waals surface area contributed by atoms with Crippen molar-refractivity contribution < 1.29 is 14.3 Å². The maximum atomic E-state index is 13.0. The molecule has 1 aliphatic rings. The van der Waals surface area contributed by atoms with Gasteiger partial charge in [-0.1, -0.05) is 36.4 Å². The molecule has 0 amide bonds. The summed E-state index contributed by atoms with van der Waals surface area (Å²) < 4.78 is 13.0. The number of fused-ring (bicyclic) bond motifs is 1. The Morgan fingerprint density at radius 3 is 2.37 bits per heavy atom. The van der Waals surface area contributed by atoms with Gasteiger partial charge in [-0.15, -0.1) is 0 Å². The number of hydrogen-bond acceptors (Lipinski definition) is 2. The number of aliphatic hydroxyl groups is 1. The van der Waals surface area contributed by atoms with E-state index >= 15 is 0 Å². The van der Waals surface area contributed by atoms with Crippen molar-refractivity contribution in [2.24, 2.45) is 0 Å². The molecular formula is C16H13FO2. The maximum Gasteiger partial charge on any atom is 0.176 e. The van der Waals surface area contributed by atoms with Crippen molar-refractivity contribution in [2.75, 3.05) is 0 Å². The fourth-order valence-corrected chi connectivity index (χ4v) is 2.74. The Balaban J connectivity index is 2.16. The van der Waals surface area contributed by atoms with Crippen LogP contribution in [0.3, 0.4) is 0 Å². The third-order valence-corrected chi connectivity index (χ3v) is 3.96. The molecule has 2 nitrogen and oxygen atoms in total. The van der Waals surface area contributed by atoms with Crippen molar-refractivity contribution >= 4 is 5.78 Å². The second-order valence-corrected chi connectivity index (χ2v) is 5.03. The molecule has 1 N–H and O–H groups in total. The number of carbonyl (C=O) groups excluding carboxylic acids is 1. The molecule has 2 unspecified atom stereocenters. The molecule has 2 aromatic rings. The SMILES string of the molecule is CC1(c2ccc(F)cc2)C(=O)c2ccccc2C1O. The molecule has 0 saturated carbocycles. The molecule has 3 heteroatoms. The molecule has 2 atom stereocenters. The summed E-state index contributed by atoms with van der Waals surface area (Å²) in [5.41, 5.74) is 0.765. The first kappa shape index (κ1) is 12.1. The molecular weight excluding hydrogens is 243 g/mol. The number of rotatable bonds is 1. The number of benzene rings is 2. The first-order valence-electron chi connectivity index (χ1n) is 6.13. The van der Waals surface area contributed by atoms with Gasteiger partial charge >= 0.3 is 0 Å². The summed E-state index contributed by atoms with van der Waals surface area (Å²) in [5.74, 6) is -0.480. The zero-order valence-corrected chi connectivity index (χ0v) is 10.4. The van der Waals surface area contributed by atoms with Crippen molar-refractivity contribution in [1.29, 1.82) is 0 Å². The molecule has 2 aromatic carbocycles. The zero-order valence-electron chi connectivity index (χ0n) is 10.4. The number of aliphatic hydroxyl groups excluding tert-OH is 1.